The molecular formula is C18H19N5O. The molecule has 6 nitrogen and oxygen atoms in total. The van der Waals surface area contributed by atoms with Crippen molar-refractivity contribution in [2.45, 2.75) is 19.9 Å². The normalized spacial score (nSPS) is 12.0. The van der Waals surface area contributed by atoms with Crippen molar-refractivity contribution < 1.29 is 4.79 Å². The van der Waals surface area contributed by atoms with Crippen LogP contribution in [0.2, 0.25) is 0 Å². The summed E-state index contributed by atoms with van der Waals surface area (Å²) >= 11 is 0. The number of carbonyl (C=O) groups is 1. The standard InChI is InChI=1S/C18H19N5O/c1-12(16-11-21-23(3)13(16)2)22-18(24)15-9-19-17(20-10-15)14-7-5-4-6-8-14/h4-12H,1-3H3,(H,22,24). The molecule has 0 spiro atoms. The highest BCUT2D eigenvalue weighted by atomic mass is 16.1. The van der Waals surface area contributed by atoms with Crippen LogP contribution in [0.4, 0.5) is 0 Å². The number of nitrogens with zero attached hydrogens (tertiary/aromatic N) is 4. The minimum atomic E-state index is -0.203. The van der Waals surface area contributed by atoms with Gasteiger partial charge in [-0.15, -0.1) is 0 Å². The molecule has 6 heteroatoms. The van der Waals surface area contributed by atoms with Gasteiger partial charge in [0.2, 0.25) is 0 Å². The molecule has 0 fully saturated rings. The van der Waals surface area contributed by atoms with Crippen molar-refractivity contribution in [1.82, 2.24) is 25.1 Å². The van der Waals surface area contributed by atoms with E-state index in [9.17, 15) is 4.79 Å². The fourth-order valence-corrected chi connectivity index (χ4v) is 2.48. The summed E-state index contributed by atoms with van der Waals surface area (Å²) in [7, 11) is 1.88. The zero-order chi connectivity index (χ0) is 17.1. The lowest BCUT2D eigenvalue weighted by molar-refractivity contribution is 0.0939. The van der Waals surface area contributed by atoms with Gasteiger partial charge in [-0.25, -0.2) is 9.97 Å². The number of nitrogens with one attached hydrogen (secondary N) is 1. The van der Waals surface area contributed by atoms with Gasteiger partial charge in [0, 0.05) is 36.3 Å². The number of rotatable bonds is 4. The molecule has 0 aliphatic rings. The van der Waals surface area contributed by atoms with Crippen LogP contribution in [0.5, 0.6) is 0 Å². The van der Waals surface area contributed by atoms with Crippen LogP contribution in [-0.4, -0.2) is 25.7 Å². The lowest BCUT2D eigenvalue weighted by Crippen LogP contribution is -2.27. The summed E-state index contributed by atoms with van der Waals surface area (Å²) in [5.41, 5.74) is 3.37. The molecule has 0 saturated carbocycles. The molecule has 1 atom stereocenters. The summed E-state index contributed by atoms with van der Waals surface area (Å²) in [6, 6.07) is 9.52. The summed E-state index contributed by atoms with van der Waals surface area (Å²) in [4.78, 5) is 20.9. The number of carbonyl (C=O) groups excluding carboxylic acids is 1. The van der Waals surface area contributed by atoms with Crippen molar-refractivity contribution in [1.29, 1.82) is 0 Å². The monoisotopic (exact) mass is 321 g/mol. The quantitative estimate of drug-likeness (QED) is 0.802. The Balaban J connectivity index is 1.72. The topological polar surface area (TPSA) is 72.7 Å². The Hall–Kier alpha value is -3.02. The maximum absolute atomic E-state index is 12.4. The van der Waals surface area contributed by atoms with Gasteiger partial charge in [-0.05, 0) is 13.8 Å². The molecule has 0 radical (unpaired) electrons. The number of hydrogen-bond acceptors (Lipinski definition) is 4. The zero-order valence-corrected chi connectivity index (χ0v) is 13.9. The lowest BCUT2D eigenvalue weighted by atomic mass is 10.1. The summed E-state index contributed by atoms with van der Waals surface area (Å²) in [6.07, 6.45) is 4.87. The minimum absolute atomic E-state index is 0.139. The molecule has 122 valence electrons. The Kier molecular flexibility index (Phi) is 4.37. The maximum Gasteiger partial charge on any atom is 0.254 e. The van der Waals surface area contributed by atoms with Crippen molar-refractivity contribution >= 4 is 5.91 Å². The van der Waals surface area contributed by atoms with E-state index in [2.05, 4.69) is 20.4 Å². The van der Waals surface area contributed by atoms with Crippen LogP contribution in [0.3, 0.4) is 0 Å². The number of aryl methyl sites for hydroxylation is 1. The Bertz CT molecular complexity index is 840. The minimum Gasteiger partial charge on any atom is -0.345 e. The van der Waals surface area contributed by atoms with E-state index in [1.54, 1.807) is 23.3 Å². The van der Waals surface area contributed by atoms with Gasteiger partial charge in [0.1, 0.15) is 0 Å². The van der Waals surface area contributed by atoms with Gasteiger partial charge in [0.05, 0.1) is 17.8 Å². The third-order valence-corrected chi connectivity index (χ3v) is 4.03. The van der Waals surface area contributed by atoms with E-state index in [0.29, 0.717) is 11.4 Å². The second kappa shape index (κ2) is 6.62. The molecule has 3 aromatic rings. The molecule has 0 saturated heterocycles. The van der Waals surface area contributed by atoms with Crippen LogP contribution in [0.15, 0.2) is 48.9 Å². The zero-order valence-electron chi connectivity index (χ0n) is 13.9. The van der Waals surface area contributed by atoms with E-state index in [-0.39, 0.29) is 11.9 Å². The first-order valence-corrected chi connectivity index (χ1v) is 7.73. The average Bonchev–Trinajstić information content (AvgIpc) is 2.95. The second-order valence-electron chi connectivity index (χ2n) is 5.67. The highest BCUT2D eigenvalue weighted by Gasteiger charge is 2.16. The fourth-order valence-electron chi connectivity index (χ4n) is 2.48. The van der Waals surface area contributed by atoms with Gasteiger partial charge < -0.3 is 5.32 Å². The molecule has 0 aliphatic carbocycles. The van der Waals surface area contributed by atoms with Crippen molar-refractivity contribution in [2.75, 3.05) is 0 Å². The second-order valence-corrected chi connectivity index (χ2v) is 5.67. The Morgan fingerprint density at radius 3 is 2.38 bits per heavy atom. The SMILES string of the molecule is Cc1c(C(C)NC(=O)c2cnc(-c3ccccc3)nc2)cnn1C. The summed E-state index contributed by atoms with van der Waals surface area (Å²) in [6.45, 7) is 3.91. The van der Waals surface area contributed by atoms with E-state index in [0.717, 1.165) is 16.8 Å². The van der Waals surface area contributed by atoms with Crippen molar-refractivity contribution in [2.24, 2.45) is 7.05 Å². The van der Waals surface area contributed by atoms with Crippen LogP contribution < -0.4 is 5.32 Å². The van der Waals surface area contributed by atoms with Crippen LogP contribution in [0.25, 0.3) is 11.4 Å². The predicted octanol–water partition coefficient (Wildman–Crippen LogP) is 2.68. The number of aromatic nitrogens is 4. The van der Waals surface area contributed by atoms with Crippen molar-refractivity contribution in [3.8, 4) is 11.4 Å². The van der Waals surface area contributed by atoms with Crippen LogP contribution >= 0.6 is 0 Å². The van der Waals surface area contributed by atoms with Gasteiger partial charge in [0.25, 0.3) is 5.91 Å². The predicted molar refractivity (Wildman–Crippen MR) is 91.3 cm³/mol. The third-order valence-electron chi connectivity index (χ3n) is 4.03. The van der Waals surface area contributed by atoms with E-state index in [1.807, 2.05) is 51.2 Å². The number of amides is 1. The molecule has 0 aliphatic heterocycles. The Morgan fingerprint density at radius 1 is 1.12 bits per heavy atom. The first kappa shape index (κ1) is 15.9. The van der Waals surface area contributed by atoms with Crippen molar-refractivity contribution in [3.63, 3.8) is 0 Å². The van der Waals surface area contributed by atoms with Gasteiger partial charge in [-0.3, -0.25) is 9.48 Å². The summed E-state index contributed by atoms with van der Waals surface area (Å²) < 4.78 is 1.79. The van der Waals surface area contributed by atoms with Gasteiger partial charge in [-0.2, -0.15) is 5.10 Å². The molecule has 1 amide bonds. The molecule has 2 aromatic heterocycles. The Morgan fingerprint density at radius 2 is 1.79 bits per heavy atom. The fraction of sp³-hybridized carbons (Fsp3) is 0.222. The molecule has 1 N–H and O–H groups in total. The smallest absolute Gasteiger partial charge is 0.254 e. The van der Waals surface area contributed by atoms with E-state index in [4.69, 9.17) is 0 Å². The summed E-state index contributed by atoms with van der Waals surface area (Å²) in [5.74, 6) is 0.397. The highest BCUT2D eigenvalue weighted by Crippen LogP contribution is 2.17. The third kappa shape index (κ3) is 3.17. The van der Waals surface area contributed by atoms with Gasteiger partial charge in [0.15, 0.2) is 5.82 Å². The van der Waals surface area contributed by atoms with Gasteiger partial charge in [-0.1, -0.05) is 30.3 Å². The largest absolute Gasteiger partial charge is 0.345 e. The van der Waals surface area contributed by atoms with E-state index in [1.165, 1.54) is 0 Å². The molecule has 1 aromatic carbocycles. The molecule has 24 heavy (non-hydrogen) atoms. The average molecular weight is 321 g/mol. The number of benzene rings is 1. The molecule has 0 bridgehead atoms. The highest BCUT2D eigenvalue weighted by molar-refractivity contribution is 5.94. The molecule has 3 rings (SSSR count). The molecule has 2 heterocycles. The van der Waals surface area contributed by atoms with Crippen molar-refractivity contribution in [3.05, 3.63) is 65.7 Å². The van der Waals surface area contributed by atoms with Crippen LogP contribution in [0.1, 0.15) is 34.6 Å². The first-order valence-electron chi connectivity index (χ1n) is 7.73. The Labute approximate surface area is 140 Å². The first-order chi connectivity index (χ1) is 11.6. The molecule has 1 unspecified atom stereocenters. The maximum atomic E-state index is 12.4. The van der Waals surface area contributed by atoms with E-state index < -0.39 is 0 Å². The van der Waals surface area contributed by atoms with Crippen LogP contribution in [0, 0.1) is 6.92 Å². The van der Waals surface area contributed by atoms with E-state index >= 15 is 0 Å². The van der Waals surface area contributed by atoms with Crippen LogP contribution in [-0.2, 0) is 7.05 Å². The summed E-state index contributed by atoms with van der Waals surface area (Å²) in [5, 5.41) is 7.16. The van der Waals surface area contributed by atoms with Gasteiger partial charge >= 0.3 is 0 Å². The molecular weight excluding hydrogens is 302 g/mol. The number of hydrogen-bond donors (Lipinski definition) is 1. The lowest BCUT2D eigenvalue weighted by Gasteiger charge is -2.13.